The van der Waals surface area contributed by atoms with Crippen molar-refractivity contribution >= 4 is 46.7 Å². The van der Waals surface area contributed by atoms with Crippen molar-refractivity contribution < 1.29 is 14.4 Å². The van der Waals surface area contributed by atoms with Gasteiger partial charge < -0.3 is 10.6 Å². The second-order valence-corrected chi connectivity index (χ2v) is 8.49. The molecule has 1 saturated heterocycles. The van der Waals surface area contributed by atoms with Gasteiger partial charge in [-0.15, -0.1) is 0 Å². The summed E-state index contributed by atoms with van der Waals surface area (Å²) in [5, 5.41) is 6.40. The predicted octanol–water partition coefficient (Wildman–Crippen LogP) is 5.50. The van der Waals surface area contributed by atoms with Crippen LogP contribution in [-0.4, -0.2) is 28.8 Å². The second-order valence-electron chi connectivity index (χ2n) is 7.65. The second kappa shape index (κ2) is 10.1. The normalized spacial score (nSPS) is 15.4. The van der Waals surface area contributed by atoms with E-state index in [1.807, 2.05) is 42.5 Å². The highest BCUT2D eigenvalue weighted by atomic mass is 35.5. The number of hydrogen-bond donors (Lipinski definition) is 2. The van der Waals surface area contributed by atoms with E-state index >= 15 is 0 Å². The van der Waals surface area contributed by atoms with E-state index in [1.54, 1.807) is 30.3 Å². The summed E-state index contributed by atoms with van der Waals surface area (Å²) in [5.41, 5.74) is 3.28. The molecule has 0 bridgehead atoms. The number of carbonyl (C=O) groups is 3. The number of halogens is 2. The molecule has 0 spiro atoms. The SMILES string of the molecule is O=C(NCc1ccc(Cl)cc1Cl)[C@@H]1CCC(=O)N1C(=O)Nc1ccc(-c2ccccc2)cc1. The van der Waals surface area contributed by atoms with Gasteiger partial charge in [0.05, 0.1) is 0 Å². The third kappa shape index (κ3) is 5.35. The number of hydrogen-bond acceptors (Lipinski definition) is 3. The van der Waals surface area contributed by atoms with E-state index < -0.39 is 23.9 Å². The van der Waals surface area contributed by atoms with E-state index in [4.69, 9.17) is 23.2 Å². The number of nitrogens with one attached hydrogen (secondary N) is 2. The maximum absolute atomic E-state index is 12.8. The number of benzene rings is 3. The molecule has 8 heteroatoms. The lowest BCUT2D eigenvalue weighted by Gasteiger charge is -2.23. The molecule has 4 amide bonds. The van der Waals surface area contributed by atoms with Gasteiger partial charge in [-0.25, -0.2) is 4.79 Å². The zero-order chi connectivity index (χ0) is 23.4. The van der Waals surface area contributed by atoms with Crippen LogP contribution in [0.25, 0.3) is 11.1 Å². The van der Waals surface area contributed by atoms with E-state index in [-0.39, 0.29) is 19.4 Å². The Morgan fingerprint density at radius 2 is 1.64 bits per heavy atom. The Kier molecular flexibility index (Phi) is 6.96. The Bertz CT molecular complexity index is 1180. The van der Waals surface area contributed by atoms with E-state index in [0.29, 0.717) is 21.3 Å². The summed E-state index contributed by atoms with van der Waals surface area (Å²) in [6.07, 6.45) is 0.388. The minimum absolute atomic E-state index is 0.125. The average molecular weight is 482 g/mol. The van der Waals surface area contributed by atoms with E-state index in [9.17, 15) is 14.4 Å². The molecule has 1 aliphatic rings. The van der Waals surface area contributed by atoms with Crippen LogP contribution in [0.2, 0.25) is 10.0 Å². The summed E-state index contributed by atoms with van der Waals surface area (Å²) in [6, 6.07) is 20.6. The van der Waals surface area contributed by atoms with Crippen LogP contribution in [0.15, 0.2) is 72.8 Å². The van der Waals surface area contributed by atoms with Gasteiger partial charge in [0.2, 0.25) is 11.8 Å². The van der Waals surface area contributed by atoms with Gasteiger partial charge in [-0.1, -0.05) is 71.7 Å². The number of amides is 4. The van der Waals surface area contributed by atoms with Crippen LogP contribution in [-0.2, 0) is 16.1 Å². The number of carbonyl (C=O) groups excluding carboxylic acids is 3. The van der Waals surface area contributed by atoms with Crippen LogP contribution < -0.4 is 10.6 Å². The van der Waals surface area contributed by atoms with Crippen molar-refractivity contribution in [3.05, 3.63) is 88.4 Å². The standard InChI is InChI=1S/C25H21Cl2N3O3/c26-19-9-6-18(21(27)14-19)15-28-24(32)22-12-13-23(31)30(22)25(33)29-20-10-7-17(8-11-20)16-4-2-1-3-5-16/h1-11,14,22H,12-13,15H2,(H,28,32)(H,29,33)/t22-/m0/s1. The number of rotatable bonds is 5. The van der Waals surface area contributed by atoms with Gasteiger partial charge in [0.1, 0.15) is 6.04 Å². The van der Waals surface area contributed by atoms with Crippen LogP contribution >= 0.6 is 23.2 Å². The molecule has 4 rings (SSSR count). The first-order valence-corrected chi connectivity index (χ1v) is 11.2. The predicted molar refractivity (Wildman–Crippen MR) is 129 cm³/mol. The monoisotopic (exact) mass is 481 g/mol. The fourth-order valence-corrected chi connectivity index (χ4v) is 4.19. The highest BCUT2D eigenvalue weighted by Crippen LogP contribution is 2.24. The number of likely N-dealkylation sites (tertiary alicyclic amines) is 1. The van der Waals surface area contributed by atoms with Crippen LogP contribution in [0.5, 0.6) is 0 Å². The van der Waals surface area contributed by atoms with Crippen molar-refractivity contribution in [3.63, 3.8) is 0 Å². The third-order valence-electron chi connectivity index (χ3n) is 5.44. The molecule has 168 valence electrons. The third-order valence-corrected chi connectivity index (χ3v) is 6.03. The van der Waals surface area contributed by atoms with Crippen LogP contribution in [0.3, 0.4) is 0 Å². The van der Waals surface area contributed by atoms with Crippen LogP contribution in [0.4, 0.5) is 10.5 Å². The zero-order valence-electron chi connectivity index (χ0n) is 17.6. The lowest BCUT2D eigenvalue weighted by Crippen LogP contribution is -2.49. The van der Waals surface area contributed by atoms with Crippen LogP contribution in [0.1, 0.15) is 18.4 Å². The number of urea groups is 1. The van der Waals surface area contributed by atoms with Gasteiger partial charge in [-0.05, 0) is 47.4 Å². The first kappa shape index (κ1) is 22.8. The topological polar surface area (TPSA) is 78.5 Å². The highest BCUT2D eigenvalue weighted by molar-refractivity contribution is 6.35. The maximum atomic E-state index is 12.8. The lowest BCUT2D eigenvalue weighted by molar-refractivity contribution is -0.132. The molecular formula is C25H21Cl2N3O3. The Balaban J connectivity index is 1.40. The molecule has 1 heterocycles. The van der Waals surface area contributed by atoms with Crippen molar-refractivity contribution in [1.82, 2.24) is 10.2 Å². The molecule has 1 aliphatic heterocycles. The summed E-state index contributed by atoms with van der Waals surface area (Å²) in [6.45, 7) is 0.163. The lowest BCUT2D eigenvalue weighted by atomic mass is 10.1. The molecule has 2 N–H and O–H groups in total. The molecule has 3 aromatic carbocycles. The summed E-state index contributed by atoms with van der Waals surface area (Å²) in [4.78, 5) is 39.0. The summed E-state index contributed by atoms with van der Waals surface area (Å²) in [7, 11) is 0. The van der Waals surface area contributed by atoms with Crippen molar-refractivity contribution in [2.75, 3.05) is 5.32 Å². The fourth-order valence-electron chi connectivity index (χ4n) is 3.71. The van der Waals surface area contributed by atoms with E-state index in [2.05, 4.69) is 10.6 Å². The summed E-state index contributed by atoms with van der Waals surface area (Å²) < 4.78 is 0. The quantitative estimate of drug-likeness (QED) is 0.504. The molecule has 1 fully saturated rings. The Labute approximate surface area is 201 Å². The van der Waals surface area contributed by atoms with Crippen molar-refractivity contribution in [1.29, 1.82) is 0 Å². The van der Waals surface area contributed by atoms with Crippen LogP contribution in [0, 0.1) is 0 Å². The minimum atomic E-state index is -0.882. The molecule has 0 unspecified atom stereocenters. The molecule has 33 heavy (non-hydrogen) atoms. The summed E-state index contributed by atoms with van der Waals surface area (Å²) in [5.74, 6) is -0.806. The Hall–Kier alpha value is -3.35. The van der Waals surface area contributed by atoms with Gasteiger partial charge in [-0.3, -0.25) is 14.5 Å². The smallest absolute Gasteiger partial charge is 0.329 e. The molecule has 0 aliphatic carbocycles. The number of imide groups is 1. The fraction of sp³-hybridized carbons (Fsp3) is 0.160. The van der Waals surface area contributed by atoms with E-state index in [0.717, 1.165) is 16.0 Å². The van der Waals surface area contributed by atoms with E-state index in [1.165, 1.54) is 0 Å². The van der Waals surface area contributed by atoms with Crippen molar-refractivity contribution in [2.24, 2.45) is 0 Å². The minimum Gasteiger partial charge on any atom is -0.350 e. The van der Waals surface area contributed by atoms with Gasteiger partial charge in [0, 0.05) is 28.7 Å². The zero-order valence-corrected chi connectivity index (χ0v) is 19.1. The molecule has 3 aromatic rings. The van der Waals surface area contributed by atoms with Gasteiger partial charge in [-0.2, -0.15) is 0 Å². The summed E-state index contributed by atoms with van der Waals surface area (Å²) >= 11 is 12.1. The van der Waals surface area contributed by atoms with Gasteiger partial charge in [0.25, 0.3) is 0 Å². The van der Waals surface area contributed by atoms with Crippen molar-refractivity contribution in [2.45, 2.75) is 25.4 Å². The average Bonchev–Trinajstić information content (AvgIpc) is 3.21. The Morgan fingerprint density at radius 3 is 2.33 bits per heavy atom. The molecule has 0 radical (unpaired) electrons. The van der Waals surface area contributed by atoms with Gasteiger partial charge >= 0.3 is 6.03 Å². The number of nitrogens with zero attached hydrogens (tertiary/aromatic N) is 1. The number of anilines is 1. The maximum Gasteiger partial charge on any atom is 0.329 e. The first-order chi connectivity index (χ1) is 15.9. The largest absolute Gasteiger partial charge is 0.350 e. The van der Waals surface area contributed by atoms with Gasteiger partial charge in [0.15, 0.2) is 0 Å². The first-order valence-electron chi connectivity index (χ1n) is 10.4. The van der Waals surface area contributed by atoms with Crippen molar-refractivity contribution in [3.8, 4) is 11.1 Å². The Morgan fingerprint density at radius 1 is 0.939 bits per heavy atom. The molecule has 0 aromatic heterocycles. The molecular weight excluding hydrogens is 461 g/mol. The highest BCUT2D eigenvalue weighted by Gasteiger charge is 2.40. The molecule has 6 nitrogen and oxygen atoms in total. The molecule has 0 saturated carbocycles. The molecule has 1 atom stereocenters.